The molecule has 0 aliphatic heterocycles. The maximum atomic E-state index is 14.2. The first-order valence-electron chi connectivity index (χ1n) is 11.4. The third-order valence-electron chi connectivity index (χ3n) is 5.83. The summed E-state index contributed by atoms with van der Waals surface area (Å²) in [5.74, 6) is 0.318. The molecule has 4 rings (SSSR count). The number of methoxy groups -OCH3 is 1. The molecule has 4 aromatic rings. The van der Waals surface area contributed by atoms with E-state index in [2.05, 4.69) is 10.3 Å². The van der Waals surface area contributed by atoms with Gasteiger partial charge in [-0.05, 0) is 41.3 Å². The number of ether oxygens (including phenoxy) is 2. The Bertz CT molecular complexity index is 1180. The molecule has 0 atom stereocenters. The first kappa shape index (κ1) is 24.5. The van der Waals surface area contributed by atoms with E-state index in [0.29, 0.717) is 36.2 Å². The highest BCUT2D eigenvalue weighted by molar-refractivity contribution is 6.30. The Morgan fingerprint density at radius 2 is 1.49 bits per heavy atom. The van der Waals surface area contributed by atoms with Crippen LogP contribution in [-0.4, -0.2) is 31.2 Å². The fourth-order valence-electron chi connectivity index (χ4n) is 4.07. The lowest BCUT2D eigenvalue weighted by Gasteiger charge is -2.34. The summed E-state index contributed by atoms with van der Waals surface area (Å²) in [5.41, 5.74) is 2.39. The largest absolute Gasteiger partial charge is 0.475 e. The normalized spacial score (nSPS) is 11.1. The van der Waals surface area contributed by atoms with Crippen LogP contribution in [0.3, 0.4) is 0 Å². The summed E-state index contributed by atoms with van der Waals surface area (Å²) in [5, 5.41) is 3.75. The average molecular weight is 487 g/mol. The molecule has 6 heteroatoms. The predicted molar refractivity (Wildman–Crippen MR) is 139 cm³/mol. The van der Waals surface area contributed by atoms with Crippen LogP contribution in [0.2, 0.25) is 5.02 Å². The van der Waals surface area contributed by atoms with Crippen LogP contribution < -0.4 is 10.1 Å². The molecule has 1 heterocycles. The maximum Gasteiger partial charge on any atom is 0.239 e. The summed E-state index contributed by atoms with van der Waals surface area (Å²) in [7, 11) is 1.62. The van der Waals surface area contributed by atoms with Gasteiger partial charge < -0.3 is 14.8 Å². The topological polar surface area (TPSA) is 60.5 Å². The summed E-state index contributed by atoms with van der Waals surface area (Å²) < 4.78 is 10.5. The number of halogens is 1. The lowest BCUT2D eigenvalue weighted by molar-refractivity contribution is -0.120. The molecule has 0 bridgehead atoms. The molecule has 0 saturated carbocycles. The lowest BCUT2D eigenvalue weighted by atomic mass is 9.69. The van der Waals surface area contributed by atoms with Gasteiger partial charge in [0, 0.05) is 18.2 Å². The molecule has 5 nitrogen and oxygen atoms in total. The van der Waals surface area contributed by atoms with Crippen molar-refractivity contribution in [3.05, 3.63) is 125 Å². The highest BCUT2D eigenvalue weighted by Crippen LogP contribution is 2.37. The van der Waals surface area contributed by atoms with Crippen molar-refractivity contribution in [2.24, 2.45) is 0 Å². The molecule has 0 saturated heterocycles. The van der Waals surface area contributed by atoms with Gasteiger partial charge in [-0.25, -0.2) is 4.98 Å². The molecule has 178 valence electrons. The molecule has 0 spiro atoms. The molecule has 1 aromatic heterocycles. The minimum atomic E-state index is -0.982. The van der Waals surface area contributed by atoms with Crippen LogP contribution in [0.1, 0.15) is 16.7 Å². The number of nitrogens with one attached hydrogen (secondary N) is 1. The highest BCUT2D eigenvalue weighted by atomic mass is 35.5. The van der Waals surface area contributed by atoms with Crippen molar-refractivity contribution in [1.82, 2.24) is 4.98 Å². The van der Waals surface area contributed by atoms with Crippen LogP contribution in [0.4, 0.5) is 5.69 Å². The van der Waals surface area contributed by atoms with Crippen molar-refractivity contribution in [2.45, 2.75) is 11.8 Å². The molecule has 0 fully saturated rings. The van der Waals surface area contributed by atoms with Gasteiger partial charge in [0.05, 0.1) is 18.5 Å². The van der Waals surface area contributed by atoms with E-state index in [0.717, 1.165) is 16.7 Å². The molecule has 0 radical (unpaired) electrons. The van der Waals surface area contributed by atoms with Gasteiger partial charge in [0.15, 0.2) is 0 Å². The Kier molecular flexibility index (Phi) is 8.14. The van der Waals surface area contributed by atoms with E-state index in [1.165, 1.54) is 0 Å². The molecule has 1 amide bonds. The van der Waals surface area contributed by atoms with Gasteiger partial charge in [-0.2, -0.15) is 0 Å². The fraction of sp³-hybridized carbons (Fsp3) is 0.172. The van der Waals surface area contributed by atoms with Crippen LogP contribution in [0.5, 0.6) is 5.88 Å². The van der Waals surface area contributed by atoms with Gasteiger partial charge in [-0.15, -0.1) is 0 Å². The zero-order valence-electron chi connectivity index (χ0n) is 19.5. The Balaban J connectivity index is 1.73. The van der Waals surface area contributed by atoms with E-state index in [1.54, 1.807) is 25.4 Å². The van der Waals surface area contributed by atoms with Crippen LogP contribution in [-0.2, 0) is 21.4 Å². The van der Waals surface area contributed by atoms with Gasteiger partial charge in [0.2, 0.25) is 11.8 Å². The lowest BCUT2D eigenvalue weighted by Crippen LogP contribution is -2.43. The number of hydrogen-bond acceptors (Lipinski definition) is 4. The van der Waals surface area contributed by atoms with Crippen molar-refractivity contribution >= 4 is 23.2 Å². The molecule has 0 aliphatic rings. The molecule has 0 unspecified atom stereocenters. The zero-order chi connectivity index (χ0) is 24.5. The number of anilines is 1. The smallest absolute Gasteiger partial charge is 0.239 e. The van der Waals surface area contributed by atoms with Crippen molar-refractivity contribution < 1.29 is 14.3 Å². The van der Waals surface area contributed by atoms with Gasteiger partial charge in [-0.1, -0.05) is 84.4 Å². The minimum Gasteiger partial charge on any atom is -0.475 e. The standard InChI is InChI=1S/C29H27ClN2O3/c1-34-18-19-35-27-17-16-26(21-31-27)32-28(33)29(23-8-4-2-5-9-23,24-10-6-3-7-11-24)20-22-12-14-25(30)15-13-22/h2-17,21H,18-20H2,1H3,(H,32,33). The maximum absolute atomic E-state index is 14.2. The molecule has 1 N–H and O–H groups in total. The van der Waals surface area contributed by atoms with E-state index in [1.807, 2.05) is 84.9 Å². The number of rotatable bonds is 10. The molecule has 3 aromatic carbocycles. The summed E-state index contributed by atoms with van der Waals surface area (Å²) in [6.45, 7) is 0.878. The highest BCUT2D eigenvalue weighted by Gasteiger charge is 2.42. The van der Waals surface area contributed by atoms with E-state index < -0.39 is 5.41 Å². The second kappa shape index (κ2) is 11.6. The second-order valence-electron chi connectivity index (χ2n) is 8.12. The number of nitrogens with zero attached hydrogens (tertiary/aromatic N) is 1. The van der Waals surface area contributed by atoms with Gasteiger partial charge in [0.25, 0.3) is 0 Å². The van der Waals surface area contributed by atoms with Crippen molar-refractivity contribution in [3.63, 3.8) is 0 Å². The first-order valence-corrected chi connectivity index (χ1v) is 11.7. The van der Waals surface area contributed by atoms with Crippen molar-refractivity contribution in [1.29, 1.82) is 0 Å². The Hall–Kier alpha value is -3.67. The SMILES string of the molecule is COCCOc1ccc(NC(=O)C(Cc2ccc(Cl)cc2)(c2ccccc2)c2ccccc2)cn1. The quantitative estimate of drug-likeness (QED) is 0.282. The third kappa shape index (κ3) is 5.88. The molecular formula is C29H27ClN2O3. The Morgan fingerprint density at radius 1 is 0.857 bits per heavy atom. The van der Waals surface area contributed by atoms with Crippen molar-refractivity contribution in [2.75, 3.05) is 25.6 Å². The zero-order valence-corrected chi connectivity index (χ0v) is 20.2. The number of benzene rings is 3. The molecular weight excluding hydrogens is 460 g/mol. The second-order valence-corrected chi connectivity index (χ2v) is 8.56. The van der Waals surface area contributed by atoms with E-state index >= 15 is 0 Å². The van der Waals surface area contributed by atoms with Gasteiger partial charge in [-0.3, -0.25) is 4.79 Å². The number of carbonyl (C=O) groups is 1. The number of carbonyl (C=O) groups excluding carboxylic acids is 1. The van der Waals surface area contributed by atoms with E-state index in [-0.39, 0.29) is 5.91 Å². The van der Waals surface area contributed by atoms with Gasteiger partial charge in [0.1, 0.15) is 12.0 Å². The molecule has 35 heavy (non-hydrogen) atoms. The first-order chi connectivity index (χ1) is 17.1. The number of pyridine rings is 1. The van der Waals surface area contributed by atoms with Crippen molar-refractivity contribution in [3.8, 4) is 5.88 Å². The summed E-state index contributed by atoms with van der Waals surface area (Å²) in [6, 6.07) is 30.8. The van der Waals surface area contributed by atoms with E-state index in [9.17, 15) is 4.79 Å². The van der Waals surface area contributed by atoms with Crippen LogP contribution >= 0.6 is 11.6 Å². The monoisotopic (exact) mass is 486 g/mol. The number of amides is 1. The summed E-state index contributed by atoms with van der Waals surface area (Å²) in [4.78, 5) is 18.5. The summed E-state index contributed by atoms with van der Waals surface area (Å²) in [6.07, 6.45) is 2.05. The fourth-order valence-corrected chi connectivity index (χ4v) is 4.20. The predicted octanol–water partition coefficient (Wildman–Crippen LogP) is 5.93. The van der Waals surface area contributed by atoms with Gasteiger partial charge >= 0.3 is 0 Å². The van der Waals surface area contributed by atoms with E-state index in [4.69, 9.17) is 21.1 Å². The number of hydrogen-bond donors (Lipinski definition) is 1. The Morgan fingerprint density at radius 3 is 2.03 bits per heavy atom. The van der Waals surface area contributed by atoms with Crippen LogP contribution in [0.15, 0.2) is 103 Å². The van der Waals surface area contributed by atoms with Crippen LogP contribution in [0.25, 0.3) is 0 Å². The minimum absolute atomic E-state index is 0.153. The summed E-state index contributed by atoms with van der Waals surface area (Å²) >= 11 is 6.14. The third-order valence-corrected chi connectivity index (χ3v) is 6.09. The number of aromatic nitrogens is 1. The van der Waals surface area contributed by atoms with Crippen LogP contribution in [0, 0.1) is 0 Å². The Labute approximate surface area is 210 Å². The average Bonchev–Trinajstić information content (AvgIpc) is 2.90. The molecule has 0 aliphatic carbocycles.